The molecular formula is C14H18N2O2S2. The largest absolute Gasteiger partial charge is 0.329 e. The summed E-state index contributed by atoms with van der Waals surface area (Å²) in [7, 11) is -3.26. The summed E-state index contributed by atoms with van der Waals surface area (Å²) in [5.41, 5.74) is 1.52. The maximum atomic E-state index is 11.9. The molecule has 3 rings (SSSR count). The summed E-state index contributed by atoms with van der Waals surface area (Å²) >= 11 is 5.42. The molecule has 1 unspecified atom stereocenters. The van der Waals surface area contributed by atoms with E-state index in [9.17, 15) is 8.42 Å². The summed E-state index contributed by atoms with van der Waals surface area (Å²) in [6, 6.07) is 5.65. The van der Waals surface area contributed by atoms with Gasteiger partial charge in [0.05, 0.1) is 15.9 Å². The average Bonchev–Trinajstić information content (AvgIpc) is 2.60. The Morgan fingerprint density at radius 2 is 2.10 bits per heavy atom. The highest BCUT2D eigenvalue weighted by Gasteiger charge is 2.27. The van der Waals surface area contributed by atoms with E-state index in [1.54, 1.807) is 12.1 Å². The fourth-order valence-corrected chi connectivity index (χ4v) is 4.19. The minimum atomic E-state index is -3.26. The lowest BCUT2D eigenvalue weighted by molar-refractivity contribution is 0.224. The SMILES string of the molecule is CC(C1CCC1)n1c(=S)[nH]c2c(S(C)(=O)=O)cccc21. The highest BCUT2D eigenvalue weighted by molar-refractivity contribution is 7.91. The van der Waals surface area contributed by atoms with Crippen molar-refractivity contribution in [3.8, 4) is 0 Å². The van der Waals surface area contributed by atoms with Gasteiger partial charge in [0.2, 0.25) is 0 Å². The van der Waals surface area contributed by atoms with Gasteiger partial charge in [-0.15, -0.1) is 0 Å². The van der Waals surface area contributed by atoms with Crippen LogP contribution in [-0.2, 0) is 9.84 Å². The predicted octanol–water partition coefficient (Wildman–Crippen LogP) is 3.46. The molecule has 1 heterocycles. The predicted molar refractivity (Wildman–Crippen MR) is 82.3 cm³/mol. The Balaban J connectivity index is 2.24. The van der Waals surface area contributed by atoms with Crippen LogP contribution < -0.4 is 0 Å². The molecule has 2 aromatic rings. The molecule has 1 aliphatic carbocycles. The van der Waals surface area contributed by atoms with Gasteiger partial charge in [0.15, 0.2) is 14.6 Å². The molecule has 1 saturated carbocycles. The van der Waals surface area contributed by atoms with E-state index < -0.39 is 9.84 Å². The molecule has 1 fully saturated rings. The molecule has 0 aliphatic heterocycles. The summed E-state index contributed by atoms with van der Waals surface area (Å²) < 4.78 is 26.4. The maximum Gasteiger partial charge on any atom is 0.178 e. The zero-order valence-corrected chi connectivity index (χ0v) is 13.2. The summed E-state index contributed by atoms with van der Waals surface area (Å²) in [6.07, 6.45) is 4.95. The van der Waals surface area contributed by atoms with Crippen LogP contribution in [0.1, 0.15) is 32.2 Å². The van der Waals surface area contributed by atoms with Crippen molar-refractivity contribution in [2.75, 3.05) is 6.26 Å². The molecule has 20 heavy (non-hydrogen) atoms. The normalized spacial score (nSPS) is 18.1. The molecule has 4 nitrogen and oxygen atoms in total. The quantitative estimate of drug-likeness (QED) is 0.883. The van der Waals surface area contributed by atoms with E-state index in [1.807, 2.05) is 6.07 Å². The van der Waals surface area contributed by atoms with Crippen LogP contribution in [0.2, 0.25) is 0 Å². The van der Waals surface area contributed by atoms with Crippen molar-refractivity contribution in [2.24, 2.45) is 5.92 Å². The number of nitrogens with zero attached hydrogens (tertiary/aromatic N) is 1. The second-order valence-electron chi connectivity index (χ2n) is 5.65. The fraction of sp³-hybridized carbons (Fsp3) is 0.500. The van der Waals surface area contributed by atoms with Crippen LogP contribution in [0.5, 0.6) is 0 Å². The minimum Gasteiger partial charge on any atom is -0.329 e. The Hall–Kier alpha value is -1.14. The van der Waals surface area contributed by atoms with Crippen LogP contribution in [0.3, 0.4) is 0 Å². The number of aromatic nitrogens is 2. The second kappa shape index (κ2) is 4.70. The number of hydrogen-bond acceptors (Lipinski definition) is 3. The minimum absolute atomic E-state index is 0.305. The Bertz CT molecular complexity index is 813. The highest BCUT2D eigenvalue weighted by Crippen LogP contribution is 2.38. The number of benzene rings is 1. The van der Waals surface area contributed by atoms with E-state index in [1.165, 1.54) is 25.5 Å². The number of fused-ring (bicyclic) bond motifs is 1. The first-order valence-corrected chi connectivity index (χ1v) is 9.13. The highest BCUT2D eigenvalue weighted by atomic mass is 32.2. The van der Waals surface area contributed by atoms with Crippen LogP contribution >= 0.6 is 12.2 Å². The zero-order valence-electron chi connectivity index (χ0n) is 11.6. The third-order valence-corrected chi connectivity index (χ3v) is 5.79. The molecule has 0 radical (unpaired) electrons. The first-order valence-electron chi connectivity index (χ1n) is 6.83. The Kier molecular flexibility index (Phi) is 3.25. The maximum absolute atomic E-state index is 11.9. The van der Waals surface area contributed by atoms with Gasteiger partial charge in [-0.25, -0.2) is 8.42 Å². The molecule has 0 bridgehead atoms. The topological polar surface area (TPSA) is 54.9 Å². The van der Waals surface area contributed by atoms with Crippen molar-refractivity contribution >= 4 is 33.1 Å². The van der Waals surface area contributed by atoms with Gasteiger partial charge in [0.1, 0.15) is 0 Å². The van der Waals surface area contributed by atoms with E-state index in [0.29, 0.717) is 27.1 Å². The van der Waals surface area contributed by atoms with E-state index in [4.69, 9.17) is 12.2 Å². The number of hydrogen-bond donors (Lipinski definition) is 1. The van der Waals surface area contributed by atoms with Crippen molar-refractivity contribution in [3.05, 3.63) is 23.0 Å². The number of imidazole rings is 1. The monoisotopic (exact) mass is 310 g/mol. The lowest BCUT2D eigenvalue weighted by atomic mass is 9.80. The third-order valence-electron chi connectivity index (χ3n) is 4.35. The molecule has 1 aliphatic rings. The molecule has 1 aromatic heterocycles. The standard InChI is InChI=1S/C14H18N2O2S2/c1-9(10-5-3-6-10)16-11-7-4-8-12(20(2,17)18)13(11)15-14(16)19/h4,7-10H,3,5-6H2,1-2H3,(H,15,19). The molecule has 1 aromatic carbocycles. The summed E-state index contributed by atoms with van der Waals surface area (Å²) in [5.74, 6) is 0.641. The third kappa shape index (κ3) is 2.11. The van der Waals surface area contributed by atoms with Gasteiger partial charge in [-0.1, -0.05) is 12.5 Å². The van der Waals surface area contributed by atoms with Gasteiger partial charge in [-0.3, -0.25) is 0 Å². The van der Waals surface area contributed by atoms with Crippen LogP contribution in [0.15, 0.2) is 23.1 Å². The number of nitrogens with one attached hydrogen (secondary N) is 1. The lowest BCUT2D eigenvalue weighted by Crippen LogP contribution is -2.22. The van der Waals surface area contributed by atoms with Crippen molar-refractivity contribution in [1.29, 1.82) is 0 Å². The fourth-order valence-electron chi connectivity index (χ4n) is 2.97. The summed E-state index contributed by atoms with van der Waals surface area (Å²) in [5, 5.41) is 0. The Morgan fingerprint density at radius 1 is 1.40 bits per heavy atom. The molecule has 1 N–H and O–H groups in total. The second-order valence-corrected chi connectivity index (χ2v) is 8.03. The Morgan fingerprint density at radius 3 is 2.65 bits per heavy atom. The first-order chi connectivity index (χ1) is 9.39. The van der Waals surface area contributed by atoms with Crippen LogP contribution in [0, 0.1) is 10.7 Å². The number of aromatic amines is 1. The number of sulfone groups is 1. The van der Waals surface area contributed by atoms with Crippen LogP contribution in [-0.4, -0.2) is 24.2 Å². The number of para-hydroxylation sites is 1. The van der Waals surface area contributed by atoms with Crippen LogP contribution in [0.25, 0.3) is 11.0 Å². The number of rotatable bonds is 3. The lowest BCUT2D eigenvalue weighted by Gasteiger charge is -2.32. The van der Waals surface area contributed by atoms with Crippen molar-refractivity contribution < 1.29 is 8.42 Å². The van der Waals surface area contributed by atoms with Gasteiger partial charge in [-0.05, 0) is 50.0 Å². The van der Waals surface area contributed by atoms with E-state index >= 15 is 0 Å². The van der Waals surface area contributed by atoms with Gasteiger partial charge >= 0.3 is 0 Å². The summed E-state index contributed by atoms with van der Waals surface area (Å²) in [6.45, 7) is 2.17. The van der Waals surface area contributed by atoms with E-state index in [-0.39, 0.29) is 0 Å². The molecule has 1 atom stereocenters. The van der Waals surface area contributed by atoms with Gasteiger partial charge in [-0.2, -0.15) is 0 Å². The van der Waals surface area contributed by atoms with Gasteiger partial charge < -0.3 is 9.55 Å². The van der Waals surface area contributed by atoms with E-state index in [0.717, 1.165) is 5.52 Å². The molecule has 108 valence electrons. The first kappa shape index (κ1) is 13.8. The summed E-state index contributed by atoms with van der Waals surface area (Å²) in [4.78, 5) is 3.40. The number of H-pyrrole nitrogens is 1. The molecular weight excluding hydrogens is 292 g/mol. The van der Waals surface area contributed by atoms with Gasteiger partial charge in [0.25, 0.3) is 0 Å². The van der Waals surface area contributed by atoms with E-state index in [2.05, 4.69) is 16.5 Å². The molecule has 6 heteroatoms. The molecule has 0 saturated heterocycles. The Labute approximate surface area is 123 Å². The smallest absolute Gasteiger partial charge is 0.178 e. The van der Waals surface area contributed by atoms with Crippen molar-refractivity contribution in [2.45, 2.75) is 37.1 Å². The van der Waals surface area contributed by atoms with Crippen LogP contribution in [0.4, 0.5) is 0 Å². The zero-order chi connectivity index (χ0) is 14.5. The van der Waals surface area contributed by atoms with Gasteiger partial charge in [0, 0.05) is 12.3 Å². The van der Waals surface area contributed by atoms with Crippen molar-refractivity contribution in [3.63, 3.8) is 0 Å². The molecule has 0 spiro atoms. The molecule has 0 amide bonds. The van der Waals surface area contributed by atoms with Crippen molar-refractivity contribution in [1.82, 2.24) is 9.55 Å². The average molecular weight is 310 g/mol.